The number of ether oxygens (including phenoxy) is 3. The Hall–Kier alpha value is -2.66. The van der Waals surface area contributed by atoms with Gasteiger partial charge in [0.25, 0.3) is 5.91 Å². The van der Waals surface area contributed by atoms with Gasteiger partial charge in [-0.1, -0.05) is 31.2 Å². The average Bonchev–Trinajstić information content (AvgIpc) is 3.19. The first-order chi connectivity index (χ1) is 13.4. The van der Waals surface area contributed by atoms with Crippen LogP contribution in [0.1, 0.15) is 34.8 Å². The lowest BCUT2D eigenvalue weighted by atomic mass is 10.00. The topological polar surface area (TPSA) is 48.0 Å². The summed E-state index contributed by atoms with van der Waals surface area (Å²) in [7, 11) is 3.44. The minimum atomic E-state index is -0.128. The predicted octanol–water partition coefficient (Wildman–Crippen LogP) is 4.82. The summed E-state index contributed by atoms with van der Waals surface area (Å²) in [6.45, 7) is 6.93. The number of aryl methyl sites for hydroxylation is 1. The van der Waals surface area contributed by atoms with Crippen LogP contribution in [-0.2, 0) is 6.42 Å². The Labute approximate surface area is 170 Å². The molecule has 0 saturated heterocycles. The van der Waals surface area contributed by atoms with E-state index in [1.165, 1.54) is 0 Å². The Balaban J connectivity index is 1.65. The predicted molar refractivity (Wildman–Crippen MR) is 111 cm³/mol. The van der Waals surface area contributed by atoms with Crippen LogP contribution in [0.15, 0.2) is 36.9 Å². The first-order valence-electron chi connectivity index (χ1n) is 9.14. The third-order valence-electron chi connectivity index (χ3n) is 4.84. The highest BCUT2D eigenvalue weighted by atomic mass is 35.5. The van der Waals surface area contributed by atoms with Gasteiger partial charge in [0.15, 0.2) is 11.5 Å². The van der Waals surface area contributed by atoms with E-state index in [9.17, 15) is 4.79 Å². The third-order valence-corrected chi connectivity index (χ3v) is 5.12. The highest BCUT2D eigenvalue weighted by molar-refractivity contribution is 6.32. The number of fused-ring (bicyclic) bond motifs is 1. The van der Waals surface area contributed by atoms with Crippen LogP contribution >= 0.6 is 11.6 Å². The van der Waals surface area contributed by atoms with E-state index in [2.05, 4.69) is 19.6 Å². The molecule has 1 aliphatic rings. The normalized spacial score (nSPS) is 12.0. The molecular formula is C22H24ClNO4. The van der Waals surface area contributed by atoms with E-state index >= 15 is 0 Å². The van der Waals surface area contributed by atoms with Gasteiger partial charge in [0.2, 0.25) is 6.79 Å². The summed E-state index contributed by atoms with van der Waals surface area (Å²) in [5.41, 5.74) is 3.64. The summed E-state index contributed by atoms with van der Waals surface area (Å²) in [5.74, 6) is 1.74. The van der Waals surface area contributed by atoms with E-state index in [1.54, 1.807) is 31.2 Å². The second kappa shape index (κ2) is 8.57. The van der Waals surface area contributed by atoms with E-state index < -0.39 is 0 Å². The van der Waals surface area contributed by atoms with Crippen LogP contribution in [0.4, 0.5) is 0 Å². The Bertz CT molecular complexity index is 910. The fraction of sp³-hybridized carbons (Fsp3) is 0.318. The van der Waals surface area contributed by atoms with Crippen LogP contribution in [-0.4, -0.2) is 38.3 Å². The van der Waals surface area contributed by atoms with Crippen molar-refractivity contribution in [1.82, 2.24) is 4.90 Å². The summed E-state index contributed by atoms with van der Waals surface area (Å²) in [6.07, 6.45) is 1.55. The lowest BCUT2D eigenvalue weighted by molar-refractivity contribution is 0.0798. The molecule has 0 aliphatic carbocycles. The number of hydrogen-bond donors (Lipinski definition) is 0. The number of carbonyl (C=O) groups is 1. The molecule has 0 aromatic heterocycles. The zero-order valence-corrected chi connectivity index (χ0v) is 17.1. The second-order valence-corrected chi connectivity index (χ2v) is 7.06. The van der Waals surface area contributed by atoms with E-state index in [0.717, 1.165) is 28.9 Å². The van der Waals surface area contributed by atoms with Crippen molar-refractivity contribution in [2.24, 2.45) is 0 Å². The SMILES string of the molecule is C=C(CCN(C)C(=O)c1cc(Cl)c2c(c1)OCO2)c1ccc(OC)c(CC)c1. The number of hydrogen-bond acceptors (Lipinski definition) is 4. The zero-order valence-electron chi connectivity index (χ0n) is 16.4. The molecule has 0 bridgehead atoms. The van der Waals surface area contributed by atoms with Gasteiger partial charge in [-0.15, -0.1) is 0 Å². The summed E-state index contributed by atoms with van der Waals surface area (Å²) >= 11 is 6.18. The molecule has 2 aromatic carbocycles. The van der Waals surface area contributed by atoms with Crippen LogP contribution in [0.5, 0.6) is 17.2 Å². The average molecular weight is 402 g/mol. The molecule has 148 valence electrons. The van der Waals surface area contributed by atoms with Crippen molar-refractivity contribution in [3.8, 4) is 17.2 Å². The molecule has 3 rings (SSSR count). The Morgan fingerprint density at radius 2 is 2.04 bits per heavy atom. The number of carbonyl (C=O) groups excluding carboxylic acids is 1. The van der Waals surface area contributed by atoms with Gasteiger partial charge in [-0.25, -0.2) is 0 Å². The number of halogens is 1. The van der Waals surface area contributed by atoms with Crippen molar-refractivity contribution in [3.05, 3.63) is 58.6 Å². The number of amides is 1. The van der Waals surface area contributed by atoms with E-state index in [0.29, 0.717) is 35.1 Å². The Morgan fingerprint density at radius 3 is 2.75 bits per heavy atom. The molecule has 0 unspecified atom stereocenters. The van der Waals surface area contributed by atoms with Gasteiger partial charge in [-0.2, -0.15) is 0 Å². The first-order valence-corrected chi connectivity index (χ1v) is 9.52. The molecule has 0 saturated carbocycles. The zero-order chi connectivity index (χ0) is 20.3. The molecule has 1 aliphatic heterocycles. The van der Waals surface area contributed by atoms with Crippen LogP contribution in [0, 0.1) is 0 Å². The summed E-state index contributed by atoms with van der Waals surface area (Å²) in [6, 6.07) is 9.34. The third kappa shape index (κ3) is 4.09. The van der Waals surface area contributed by atoms with Gasteiger partial charge >= 0.3 is 0 Å². The Kier molecular flexibility index (Phi) is 6.15. The molecule has 0 N–H and O–H groups in total. The molecule has 6 heteroatoms. The standard InChI is InChI=1S/C22H24ClNO4/c1-5-15-10-16(6-7-19(15)26-4)14(2)8-9-24(3)22(25)17-11-18(23)21-20(12-17)27-13-28-21/h6-7,10-12H,2,5,8-9,13H2,1,3-4H3. The van der Waals surface area contributed by atoms with Gasteiger partial charge in [0.05, 0.1) is 12.1 Å². The van der Waals surface area contributed by atoms with Gasteiger partial charge < -0.3 is 19.1 Å². The quantitative estimate of drug-likeness (QED) is 0.667. The number of benzene rings is 2. The van der Waals surface area contributed by atoms with Crippen LogP contribution < -0.4 is 14.2 Å². The van der Waals surface area contributed by atoms with Gasteiger partial charge in [0, 0.05) is 19.2 Å². The molecule has 1 amide bonds. The molecule has 0 radical (unpaired) electrons. The van der Waals surface area contributed by atoms with Crippen molar-refractivity contribution < 1.29 is 19.0 Å². The fourth-order valence-corrected chi connectivity index (χ4v) is 3.40. The van der Waals surface area contributed by atoms with Gasteiger partial charge in [-0.05, 0) is 53.8 Å². The highest BCUT2D eigenvalue weighted by Gasteiger charge is 2.22. The molecule has 0 fully saturated rings. The molecule has 28 heavy (non-hydrogen) atoms. The molecule has 2 aromatic rings. The molecular weight excluding hydrogens is 378 g/mol. The number of methoxy groups -OCH3 is 1. The smallest absolute Gasteiger partial charge is 0.253 e. The Morgan fingerprint density at radius 1 is 1.25 bits per heavy atom. The van der Waals surface area contributed by atoms with Crippen molar-refractivity contribution in [3.63, 3.8) is 0 Å². The first kappa shape index (κ1) is 20.1. The molecule has 1 heterocycles. The minimum absolute atomic E-state index is 0.115. The van der Waals surface area contributed by atoms with E-state index in [4.69, 9.17) is 25.8 Å². The van der Waals surface area contributed by atoms with Crippen molar-refractivity contribution in [2.45, 2.75) is 19.8 Å². The second-order valence-electron chi connectivity index (χ2n) is 6.65. The maximum Gasteiger partial charge on any atom is 0.253 e. The van der Waals surface area contributed by atoms with E-state index in [1.807, 2.05) is 12.1 Å². The monoisotopic (exact) mass is 401 g/mol. The van der Waals surface area contributed by atoms with Crippen LogP contribution in [0.2, 0.25) is 5.02 Å². The van der Waals surface area contributed by atoms with Crippen molar-refractivity contribution in [2.75, 3.05) is 27.5 Å². The van der Waals surface area contributed by atoms with E-state index in [-0.39, 0.29) is 12.7 Å². The van der Waals surface area contributed by atoms with Crippen LogP contribution in [0.25, 0.3) is 5.57 Å². The molecule has 0 atom stereocenters. The van der Waals surface area contributed by atoms with Crippen LogP contribution in [0.3, 0.4) is 0 Å². The lowest BCUT2D eigenvalue weighted by Gasteiger charge is -2.19. The summed E-state index contributed by atoms with van der Waals surface area (Å²) in [4.78, 5) is 14.4. The summed E-state index contributed by atoms with van der Waals surface area (Å²) < 4.78 is 16.0. The van der Waals surface area contributed by atoms with Crippen molar-refractivity contribution >= 4 is 23.1 Å². The minimum Gasteiger partial charge on any atom is -0.496 e. The number of nitrogens with zero attached hydrogens (tertiary/aromatic N) is 1. The largest absolute Gasteiger partial charge is 0.496 e. The molecule has 5 nitrogen and oxygen atoms in total. The van der Waals surface area contributed by atoms with Crippen molar-refractivity contribution in [1.29, 1.82) is 0 Å². The fourth-order valence-electron chi connectivity index (χ4n) is 3.13. The van der Waals surface area contributed by atoms with Gasteiger partial charge in [0.1, 0.15) is 5.75 Å². The summed E-state index contributed by atoms with van der Waals surface area (Å²) in [5, 5.41) is 0.376. The number of rotatable bonds is 7. The molecule has 0 spiro atoms. The maximum absolute atomic E-state index is 12.8. The lowest BCUT2D eigenvalue weighted by Crippen LogP contribution is -2.27. The highest BCUT2D eigenvalue weighted by Crippen LogP contribution is 2.40. The maximum atomic E-state index is 12.8. The van der Waals surface area contributed by atoms with Gasteiger partial charge in [-0.3, -0.25) is 4.79 Å².